The van der Waals surface area contributed by atoms with Crippen molar-refractivity contribution < 1.29 is 4.74 Å². The summed E-state index contributed by atoms with van der Waals surface area (Å²) in [4.78, 5) is 23.4. The molecule has 0 atom stereocenters. The predicted octanol–water partition coefficient (Wildman–Crippen LogP) is -0.481. The molecule has 11 heteroatoms. The lowest BCUT2D eigenvalue weighted by Gasteiger charge is -2.06. The van der Waals surface area contributed by atoms with Crippen molar-refractivity contribution in [1.29, 1.82) is 0 Å². The fourth-order valence-corrected chi connectivity index (χ4v) is 1.94. The summed E-state index contributed by atoms with van der Waals surface area (Å²) in [6.07, 6.45) is 0.827. The molecule has 0 amide bonds. The van der Waals surface area contributed by atoms with Crippen LogP contribution in [0.1, 0.15) is 13.3 Å². The van der Waals surface area contributed by atoms with E-state index in [0.717, 1.165) is 18.2 Å². The number of nitrogens with zero attached hydrogens (tertiary/aromatic N) is 5. The molecule has 0 saturated heterocycles. The summed E-state index contributed by atoms with van der Waals surface area (Å²) >= 11 is 1.10. The molecule has 2 aromatic heterocycles. The molecule has 2 aromatic rings. The Hall–Kier alpha value is -2.14. The van der Waals surface area contributed by atoms with Gasteiger partial charge in [0.25, 0.3) is 0 Å². The smallest absolute Gasteiger partial charge is 0.343 e. The van der Waals surface area contributed by atoms with Gasteiger partial charge in [-0.1, -0.05) is 6.92 Å². The molecule has 0 unspecified atom stereocenters. The summed E-state index contributed by atoms with van der Waals surface area (Å²) in [6.45, 7) is 2.46. The van der Waals surface area contributed by atoms with Crippen molar-refractivity contribution in [1.82, 2.24) is 29.7 Å². The van der Waals surface area contributed by atoms with Crippen molar-refractivity contribution in [2.75, 3.05) is 12.0 Å². The topological polar surface area (TPSA) is 137 Å². The number of aromatic nitrogens is 6. The Bertz CT molecular complexity index is 639. The number of rotatable bonds is 6. The highest BCUT2D eigenvalue weighted by Gasteiger charge is 2.12. The fourth-order valence-electron chi connectivity index (χ4n) is 1.21. The predicted molar refractivity (Wildman–Crippen MR) is 71.4 cm³/mol. The summed E-state index contributed by atoms with van der Waals surface area (Å²) in [7, 11) is 1.59. The second-order valence-electron chi connectivity index (χ2n) is 3.69. The molecule has 0 aliphatic rings. The first-order valence-corrected chi connectivity index (χ1v) is 6.60. The van der Waals surface area contributed by atoms with Crippen molar-refractivity contribution in [3.05, 3.63) is 10.5 Å². The van der Waals surface area contributed by atoms with Gasteiger partial charge in [0.2, 0.25) is 11.1 Å². The molecule has 4 N–H and O–H groups in total. The van der Waals surface area contributed by atoms with E-state index < -0.39 is 0 Å². The number of nitrogens with two attached hydrogens (primary N) is 1. The van der Waals surface area contributed by atoms with Crippen molar-refractivity contribution in [3.8, 4) is 6.01 Å². The lowest BCUT2D eigenvalue weighted by atomic mass is 10.5. The maximum atomic E-state index is 11.3. The molecule has 0 bridgehead atoms. The third kappa shape index (κ3) is 3.24. The zero-order valence-electron chi connectivity index (χ0n) is 11.0. The largest absolute Gasteiger partial charge is 0.463 e. The van der Waals surface area contributed by atoms with Gasteiger partial charge in [-0.05, 0) is 18.2 Å². The normalized spacial score (nSPS) is 10.6. The Morgan fingerprint density at radius 1 is 1.45 bits per heavy atom. The van der Waals surface area contributed by atoms with Crippen LogP contribution < -0.4 is 21.7 Å². The van der Waals surface area contributed by atoms with Crippen LogP contribution in [-0.2, 0) is 7.05 Å². The fraction of sp³-hybridized carbons (Fsp3) is 0.444. The SMILES string of the molecule is CCCOc1nc(NN)nc(Sc2n[nH]c(=O)n2C)n1. The summed E-state index contributed by atoms with van der Waals surface area (Å²) < 4.78 is 6.69. The van der Waals surface area contributed by atoms with Crippen molar-refractivity contribution in [2.24, 2.45) is 12.9 Å². The monoisotopic (exact) mass is 298 g/mol. The second-order valence-corrected chi connectivity index (χ2v) is 4.62. The third-order valence-electron chi connectivity index (χ3n) is 2.18. The Labute approximate surface area is 118 Å². The molecule has 20 heavy (non-hydrogen) atoms. The van der Waals surface area contributed by atoms with Gasteiger partial charge in [-0.2, -0.15) is 15.0 Å². The number of hydrogen-bond donors (Lipinski definition) is 3. The maximum Gasteiger partial charge on any atom is 0.343 e. The third-order valence-corrected chi connectivity index (χ3v) is 3.09. The molecule has 0 radical (unpaired) electrons. The van der Waals surface area contributed by atoms with Crippen molar-refractivity contribution in [2.45, 2.75) is 23.7 Å². The highest BCUT2D eigenvalue weighted by Crippen LogP contribution is 2.23. The minimum absolute atomic E-state index is 0.165. The molecule has 0 aliphatic carbocycles. The van der Waals surface area contributed by atoms with E-state index in [2.05, 4.69) is 30.6 Å². The van der Waals surface area contributed by atoms with Crippen LogP contribution in [-0.4, -0.2) is 36.3 Å². The maximum absolute atomic E-state index is 11.3. The number of hydrazine groups is 1. The summed E-state index contributed by atoms with van der Waals surface area (Å²) in [6, 6.07) is 0.165. The van der Waals surface area contributed by atoms with Gasteiger partial charge in [0.05, 0.1) is 6.61 Å². The summed E-state index contributed by atoms with van der Waals surface area (Å²) in [5.41, 5.74) is 2.02. The lowest BCUT2D eigenvalue weighted by molar-refractivity contribution is 0.288. The van der Waals surface area contributed by atoms with E-state index >= 15 is 0 Å². The molecule has 0 fully saturated rings. The lowest BCUT2D eigenvalue weighted by Crippen LogP contribution is -2.14. The molecule has 10 nitrogen and oxygen atoms in total. The molecular weight excluding hydrogens is 284 g/mol. The van der Waals surface area contributed by atoms with Crippen LogP contribution in [0.15, 0.2) is 15.1 Å². The zero-order valence-corrected chi connectivity index (χ0v) is 11.8. The van der Waals surface area contributed by atoms with Gasteiger partial charge in [0, 0.05) is 7.05 Å². The Kier molecular flexibility index (Phi) is 4.53. The first-order valence-electron chi connectivity index (χ1n) is 5.78. The summed E-state index contributed by atoms with van der Waals surface area (Å²) in [5.74, 6) is 5.47. The first kappa shape index (κ1) is 14.3. The van der Waals surface area contributed by atoms with Gasteiger partial charge in [0.15, 0.2) is 5.16 Å². The van der Waals surface area contributed by atoms with Crippen LogP contribution >= 0.6 is 11.8 Å². The minimum Gasteiger partial charge on any atom is -0.463 e. The molecule has 108 valence electrons. The quantitative estimate of drug-likeness (QED) is 0.477. The van der Waals surface area contributed by atoms with Crippen LogP contribution in [0.3, 0.4) is 0 Å². The number of anilines is 1. The van der Waals surface area contributed by atoms with Crippen LogP contribution in [0, 0.1) is 0 Å². The summed E-state index contributed by atoms with van der Waals surface area (Å²) in [5, 5.41) is 6.92. The van der Waals surface area contributed by atoms with Crippen LogP contribution in [0.2, 0.25) is 0 Å². The molecule has 2 rings (SSSR count). The number of ether oxygens (including phenoxy) is 1. The van der Waals surface area contributed by atoms with Crippen LogP contribution in [0.5, 0.6) is 6.01 Å². The van der Waals surface area contributed by atoms with E-state index in [1.54, 1.807) is 7.05 Å². The minimum atomic E-state index is -0.318. The van der Waals surface area contributed by atoms with E-state index in [0.29, 0.717) is 16.9 Å². The van der Waals surface area contributed by atoms with Crippen LogP contribution in [0.25, 0.3) is 0 Å². The first-order chi connectivity index (χ1) is 9.63. The molecule has 0 saturated carbocycles. The van der Waals surface area contributed by atoms with Gasteiger partial charge < -0.3 is 4.74 Å². The Morgan fingerprint density at radius 2 is 2.25 bits per heavy atom. The van der Waals surface area contributed by atoms with Gasteiger partial charge >= 0.3 is 11.7 Å². The van der Waals surface area contributed by atoms with Crippen LogP contribution in [0.4, 0.5) is 5.95 Å². The Balaban J connectivity index is 2.26. The number of aromatic amines is 1. The van der Waals surface area contributed by atoms with E-state index in [4.69, 9.17) is 10.6 Å². The van der Waals surface area contributed by atoms with Gasteiger partial charge in [-0.3, -0.25) is 9.99 Å². The van der Waals surface area contributed by atoms with E-state index in [9.17, 15) is 4.79 Å². The van der Waals surface area contributed by atoms with Gasteiger partial charge in [0.1, 0.15) is 0 Å². The molecular formula is C9H14N8O2S. The van der Waals surface area contributed by atoms with Crippen molar-refractivity contribution >= 4 is 17.7 Å². The number of nitrogens with one attached hydrogen (secondary N) is 2. The highest BCUT2D eigenvalue weighted by atomic mass is 32.2. The van der Waals surface area contributed by atoms with Gasteiger partial charge in [-0.25, -0.2) is 15.7 Å². The zero-order chi connectivity index (χ0) is 14.5. The highest BCUT2D eigenvalue weighted by molar-refractivity contribution is 7.99. The number of hydrogen-bond acceptors (Lipinski definition) is 9. The van der Waals surface area contributed by atoms with E-state index in [1.165, 1.54) is 4.57 Å². The standard InChI is InChI=1S/C9H14N8O2S/c1-3-4-19-6-11-5(14-10)12-7(13-6)20-9-16-15-8(18)17(9)2/h3-4,10H2,1-2H3,(H,15,18)(H,11,12,13,14). The Morgan fingerprint density at radius 3 is 2.85 bits per heavy atom. The molecule has 2 heterocycles. The average molecular weight is 298 g/mol. The number of H-pyrrole nitrogens is 1. The van der Waals surface area contributed by atoms with E-state index in [-0.39, 0.29) is 17.6 Å². The molecule has 0 aromatic carbocycles. The number of nitrogen functional groups attached to an aromatic ring is 1. The molecule has 0 aliphatic heterocycles. The second kappa shape index (κ2) is 6.34. The molecule has 0 spiro atoms. The van der Waals surface area contributed by atoms with Gasteiger partial charge in [-0.15, -0.1) is 5.10 Å². The average Bonchev–Trinajstić information content (AvgIpc) is 2.77. The van der Waals surface area contributed by atoms with E-state index in [1.807, 2.05) is 6.92 Å². The van der Waals surface area contributed by atoms with Crippen molar-refractivity contribution in [3.63, 3.8) is 0 Å².